The first-order valence-corrected chi connectivity index (χ1v) is 9.86. The van der Waals surface area contributed by atoms with Crippen molar-refractivity contribution in [3.8, 4) is 22.9 Å². The minimum atomic E-state index is -1.02. The number of aromatic nitrogens is 2. The minimum absolute atomic E-state index is 0.0495. The number of carbonyl (C=O) groups is 2. The second-order valence-corrected chi connectivity index (χ2v) is 7.26. The van der Waals surface area contributed by atoms with Crippen LogP contribution in [-0.2, 0) is 16.1 Å². The highest BCUT2D eigenvalue weighted by Crippen LogP contribution is 2.34. The van der Waals surface area contributed by atoms with Crippen LogP contribution in [0, 0.1) is 5.82 Å². The number of hydrogen-bond donors (Lipinski definition) is 0. The number of imide groups is 1. The van der Waals surface area contributed by atoms with Gasteiger partial charge in [-0.05, 0) is 30.3 Å². The summed E-state index contributed by atoms with van der Waals surface area (Å²) < 4.78 is 29.5. The van der Waals surface area contributed by atoms with E-state index in [9.17, 15) is 14.0 Å². The van der Waals surface area contributed by atoms with E-state index in [2.05, 4.69) is 20.5 Å². The molecule has 0 saturated carbocycles. The number of benzene rings is 2. The zero-order chi connectivity index (χ0) is 23.1. The molecule has 1 fully saturated rings. The molecule has 11 nitrogen and oxygen atoms in total. The van der Waals surface area contributed by atoms with E-state index < -0.39 is 29.7 Å². The van der Waals surface area contributed by atoms with Gasteiger partial charge >= 0.3 is 0 Å². The van der Waals surface area contributed by atoms with Crippen LogP contribution in [0.2, 0.25) is 0 Å². The number of fused-ring (bicyclic) bond motifs is 1. The second-order valence-electron chi connectivity index (χ2n) is 7.26. The molecule has 12 heteroatoms. The molecule has 2 amide bonds. The summed E-state index contributed by atoms with van der Waals surface area (Å²) >= 11 is 0. The summed E-state index contributed by atoms with van der Waals surface area (Å²) in [5, 5.41) is 13.2. The highest BCUT2D eigenvalue weighted by Gasteiger charge is 2.55. The Morgan fingerprint density at radius 2 is 1.94 bits per heavy atom. The molecule has 0 bridgehead atoms. The van der Waals surface area contributed by atoms with Gasteiger partial charge < -0.3 is 14.0 Å². The molecule has 0 aliphatic carbocycles. The van der Waals surface area contributed by atoms with Crippen LogP contribution in [0.4, 0.5) is 10.1 Å². The van der Waals surface area contributed by atoms with Crippen molar-refractivity contribution in [2.75, 3.05) is 19.1 Å². The largest absolute Gasteiger partial charge is 0.497 e. The van der Waals surface area contributed by atoms with Gasteiger partial charge in [0.15, 0.2) is 12.1 Å². The molecule has 1 aromatic heterocycles. The maximum absolute atomic E-state index is 13.6. The van der Waals surface area contributed by atoms with Crippen LogP contribution in [0.25, 0.3) is 11.4 Å². The van der Waals surface area contributed by atoms with Crippen molar-refractivity contribution < 1.29 is 28.0 Å². The SMILES string of the molecule is COc1ccc(-c2noc(CN3N=NC4C(=O)N(c5cccc(F)c5)C(=O)C43)n2)c(OC)c1. The van der Waals surface area contributed by atoms with Gasteiger partial charge in [-0.2, -0.15) is 10.1 Å². The highest BCUT2D eigenvalue weighted by atomic mass is 19.1. The summed E-state index contributed by atoms with van der Waals surface area (Å²) in [6.07, 6.45) is 0. The standard InChI is InChI=1S/C21H17FN6O5/c1-31-13-6-7-14(15(9-13)32-2)19-23-16(33-25-19)10-27-18-17(24-26-27)20(29)28(21(18)30)12-5-3-4-11(22)8-12/h3-9,17-18H,10H2,1-2H3. The van der Waals surface area contributed by atoms with Crippen LogP contribution in [0.5, 0.6) is 11.5 Å². The van der Waals surface area contributed by atoms with Crippen LogP contribution in [0.15, 0.2) is 57.3 Å². The Morgan fingerprint density at radius 3 is 2.70 bits per heavy atom. The molecule has 2 atom stereocenters. The van der Waals surface area contributed by atoms with E-state index in [1.165, 1.54) is 30.3 Å². The zero-order valence-corrected chi connectivity index (χ0v) is 17.5. The lowest BCUT2D eigenvalue weighted by atomic mass is 10.1. The molecule has 3 heterocycles. The number of ether oxygens (including phenoxy) is 2. The highest BCUT2D eigenvalue weighted by molar-refractivity contribution is 6.25. The zero-order valence-electron chi connectivity index (χ0n) is 17.5. The Balaban J connectivity index is 1.37. The molecule has 0 radical (unpaired) electrons. The van der Waals surface area contributed by atoms with E-state index in [4.69, 9.17) is 14.0 Å². The van der Waals surface area contributed by atoms with Gasteiger partial charge in [0.1, 0.15) is 23.9 Å². The lowest BCUT2D eigenvalue weighted by molar-refractivity contribution is -0.123. The Labute approximate surface area is 186 Å². The summed E-state index contributed by atoms with van der Waals surface area (Å²) in [5.74, 6) is -0.163. The number of hydrogen-bond acceptors (Lipinski definition) is 10. The van der Waals surface area contributed by atoms with Crippen LogP contribution >= 0.6 is 0 Å². The normalized spacial score (nSPS) is 19.4. The Morgan fingerprint density at radius 1 is 1.09 bits per heavy atom. The summed E-state index contributed by atoms with van der Waals surface area (Å²) in [7, 11) is 3.06. The molecule has 168 valence electrons. The third-order valence-corrected chi connectivity index (χ3v) is 5.34. The quantitative estimate of drug-likeness (QED) is 0.523. The smallest absolute Gasteiger partial charge is 0.263 e. The van der Waals surface area contributed by atoms with Gasteiger partial charge in [-0.1, -0.05) is 16.4 Å². The first-order valence-electron chi connectivity index (χ1n) is 9.86. The fourth-order valence-corrected chi connectivity index (χ4v) is 3.77. The predicted molar refractivity (Wildman–Crippen MR) is 110 cm³/mol. The molecular formula is C21H17FN6O5. The lowest BCUT2D eigenvalue weighted by Gasteiger charge is -2.19. The third kappa shape index (κ3) is 3.45. The van der Waals surface area contributed by atoms with Crippen molar-refractivity contribution in [1.82, 2.24) is 15.1 Å². The molecule has 2 aromatic carbocycles. The van der Waals surface area contributed by atoms with E-state index in [1.807, 2.05) is 0 Å². The molecule has 2 aliphatic rings. The van der Waals surface area contributed by atoms with E-state index >= 15 is 0 Å². The first kappa shape index (κ1) is 20.5. The van der Waals surface area contributed by atoms with E-state index in [1.54, 1.807) is 25.3 Å². The molecule has 5 rings (SSSR count). The minimum Gasteiger partial charge on any atom is -0.497 e. The first-order chi connectivity index (χ1) is 16.0. The van der Waals surface area contributed by atoms with Gasteiger partial charge in [-0.15, -0.1) is 0 Å². The van der Waals surface area contributed by atoms with Crippen molar-refractivity contribution >= 4 is 17.5 Å². The van der Waals surface area contributed by atoms with Crippen molar-refractivity contribution in [3.05, 3.63) is 54.2 Å². The van der Waals surface area contributed by atoms with Gasteiger partial charge in [0, 0.05) is 6.07 Å². The van der Waals surface area contributed by atoms with Gasteiger partial charge in [-0.25, -0.2) is 9.29 Å². The molecule has 0 spiro atoms. The molecule has 3 aromatic rings. The summed E-state index contributed by atoms with van der Waals surface area (Å²) in [5.41, 5.74) is 0.722. The van der Waals surface area contributed by atoms with Crippen molar-refractivity contribution in [2.45, 2.75) is 18.6 Å². The number of amides is 2. The fraction of sp³-hybridized carbons (Fsp3) is 0.238. The third-order valence-electron chi connectivity index (χ3n) is 5.34. The van der Waals surface area contributed by atoms with Gasteiger partial charge in [-0.3, -0.25) is 14.6 Å². The van der Waals surface area contributed by atoms with Gasteiger partial charge in [0.05, 0.1) is 25.5 Å². The van der Waals surface area contributed by atoms with Crippen molar-refractivity contribution in [2.24, 2.45) is 10.3 Å². The molecular weight excluding hydrogens is 435 g/mol. The number of nitrogens with zero attached hydrogens (tertiary/aromatic N) is 6. The lowest BCUT2D eigenvalue weighted by Crippen LogP contribution is -2.39. The maximum Gasteiger partial charge on any atom is 0.263 e. The van der Waals surface area contributed by atoms with Crippen LogP contribution in [0.3, 0.4) is 0 Å². The van der Waals surface area contributed by atoms with Crippen LogP contribution < -0.4 is 14.4 Å². The fourth-order valence-electron chi connectivity index (χ4n) is 3.77. The van der Waals surface area contributed by atoms with Crippen LogP contribution in [0.1, 0.15) is 5.89 Å². The average Bonchev–Trinajstić information content (AvgIpc) is 3.51. The van der Waals surface area contributed by atoms with Gasteiger partial charge in [0.25, 0.3) is 11.8 Å². The van der Waals surface area contributed by atoms with Crippen LogP contribution in [-0.4, -0.2) is 53.3 Å². The maximum atomic E-state index is 13.6. The number of rotatable bonds is 6. The summed E-state index contributed by atoms with van der Waals surface area (Å²) in [6, 6.07) is 8.40. The van der Waals surface area contributed by atoms with Gasteiger partial charge in [0.2, 0.25) is 11.7 Å². The Kier molecular flexibility index (Phi) is 4.96. The second kappa shape index (κ2) is 7.97. The van der Waals surface area contributed by atoms with E-state index in [0.29, 0.717) is 17.1 Å². The van der Waals surface area contributed by atoms with E-state index in [-0.39, 0.29) is 23.9 Å². The molecule has 1 saturated heterocycles. The van der Waals surface area contributed by atoms with Crippen molar-refractivity contribution in [1.29, 1.82) is 0 Å². The van der Waals surface area contributed by atoms with Crippen molar-refractivity contribution in [3.63, 3.8) is 0 Å². The number of carbonyl (C=O) groups excluding carboxylic acids is 2. The monoisotopic (exact) mass is 452 g/mol. The topological polar surface area (TPSA) is 123 Å². The Bertz CT molecular complexity index is 1280. The molecule has 2 aliphatic heterocycles. The Hall–Kier alpha value is -4.35. The van der Waals surface area contributed by atoms with E-state index in [0.717, 1.165) is 11.0 Å². The summed E-state index contributed by atoms with van der Waals surface area (Å²) in [6.45, 7) is -0.0495. The molecule has 0 N–H and O–H groups in total. The predicted octanol–water partition coefficient (Wildman–Crippen LogP) is 2.39. The molecule has 33 heavy (non-hydrogen) atoms. The average molecular weight is 452 g/mol. The summed E-state index contributed by atoms with van der Waals surface area (Å²) in [4.78, 5) is 31.0. The molecule has 2 unspecified atom stereocenters. The number of halogens is 1. The number of anilines is 1. The number of methoxy groups -OCH3 is 2.